The lowest BCUT2D eigenvalue weighted by molar-refractivity contribution is -0.137. The summed E-state index contributed by atoms with van der Waals surface area (Å²) in [7, 11) is 0. The number of fused-ring (bicyclic) bond motifs is 1. The average Bonchev–Trinajstić information content (AvgIpc) is 3.17. The van der Waals surface area contributed by atoms with Crippen LogP contribution in [0.25, 0.3) is 17.3 Å². The molecule has 0 bridgehead atoms. The van der Waals surface area contributed by atoms with E-state index in [4.69, 9.17) is 0 Å². The summed E-state index contributed by atoms with van der Waals surface area (Å²) in [5.74, 6) is 0. The number of para-hydroxylation sites is 1. The molecule has 0 saturated carbocycles. The molecule has 0 unspecified atom stereocenters. The molecule has 27 heavy (non-hydrogen) atoms. The number of H-pyrrole nitrogens is 1. The Morgan fingerprint density at radius 3 is 2.67 bits per heavy atom. The van der Waals surface area contributed by atoms with Crippen molar-refractivity contribution >= 4 is 23.6 Å². The highest BCUT2D eigenvalue weighted by atomic mass is 19.4. The first-order chi connectivity index (χ1) is 12.8. The number of benzene rings is 2. The highest BCUT2D eigenvalue weighted by molar-refractivity contribution is 6.21. The molecule has 7 heteroatoms. The summed E-state index contributed by atoms with van der Waals surface area (Å²) in [6, 6.07) is 12.2. The second-order valence-electron chi connectivity index (χ2n) is 6.21. The van der Waals surface area contributed by atoms with Crippen molar-refractivity contribution < 1.29 is 13.2 Å². The van der Waals surface area contributed by atoms with Gasteiger partial charge in [0.2, 0.25) is 0 Å². The Bertz CT molecular complexity index is 1150. The Hall–Kier alpha value is -3.35. The van der Waals surface area contributed by atoms with Gasteiger partial charge >= 0.3 is 6.18 Å². The predicted molar refractivity (Wildman–Crippen MR) is 98.6 cm³/mol. The lowest BCUT2D eigenvalue weighted by Gasteiger charge is -2.08. The molecule has 0 fully saturated rings. The van der Waals surface area contributed by atoms with Gasteiger partial charge in [0.15, 0.2) is 0 Å². The van der Waals surface area contributed by atoms with Gasteiger partial charge in [0.05, 0.1) is 22.5 Å². The molecule has 4 rings (SSSR count). The van der Waals surface area contributed by atoms with Crippen molar-refractivity contribution in [3.05, 3.63) is 81.3 Å². The zero-order chi connectivity index (χ0) is 19.2. The van der Waals surface area contributed by atoms with Gasteiger partial charge in [-0.1, -0.05) is 24.3 Å². The number of aryl methyl sites for hydroxylation is 1. The fourth-order valence-corrected chi connectivity index (χ4v) is 3.04. The number of hydrogen-bond donors (Lipinski definition) is 1. The number of aliphatic imine (C=N–C) groups is 1. The first-order valence-corrected chi connectivity index (χ1v) is 8.19. The van der Waals surface area contributed by atoms with Crippen LogP contribution in [0.4, 0.5) is 18.9 Å². The number of rotatable bonds is 2. The van der Waals surface area contributed by atoms with Crippen molar-refractivity contribution in [3.63, 3.8) is 0 Å². The molecule has 1 aliphatic heterocycles. The van der Waals surface area contributed by atoms with Gasteiger partial charge in [-0.2, -0.15) is 13.2 Å². The molecule has 0 saturated heterocycles. The first-order valence-electron chi connectivity index (χ1n) is 8.19. The standard InChI is InChI=1S/C20H14F3N3O/c1-12-17(9-13-11-24-18-8-3-2-7-16(13)18)19(27)26(25-12)15-6-4-5-14(10-15)20(21,22)23/h2-11,25H,1H3. The normalized spacial score (nSPS) is 14.7. The number of aromatic amines is 1. The fraction of sp³-hybridized carbons (Fsp3) is 0.100. The molecule has 0 amide bonds. The maximum atomic E-state index is 13.0. The van der Waals surface area contributed by atoms with Crippen molar-refractivity contribution in [1.29, 1.82) is 0 Å². The van der Waals surface area contributed by atoms with E-state index in [1.165, 1.54) is 12.1 Å². The van der Waals surface area contributed by atoms with E-state index in [0.29, 0.717) is 11.3 Å². The molecule has 0 radical (unpaired) electrons. The van der Waals surface area contributed by atoms with Crippen LogP contribution in [0.15, 0.2) is 58.3 Å². The molecule has 2 heterocycles. The van der Waals surface area contributed by atoms with Crippen LogP contribution in [0.3, 0.4) is 0 Å². The Labute approximate surface area is 152 Å². The maximum absolute atomic E-state index is 13.0. The third-order valence-corrected chi connectivity index (χ3v) is 4.41. The summed E-state index contributed by atoms with van der Waals surface area (Å²) >= 11 is 0. The average molecular weight is 369 g/mol. The maximum Gasteiger partial charge on any atom is 0.416 e. The molecule has 4 nitrogen and oxygen atoms in total. The van der Waals surface area contributed by atoms with Crippen LogP contribution in [0, 0.1) is 6.92 Å². The number of alkyl halides is 3. The summed E-state index contributed by atoms with van der Waals surface area (Å²) in [5.41, 5.74) is 2.34. The Morgan fingerprint density at radius 2 is 1.89 bits per heavy atom. The van der Waals surface area contributed by atoms with Gasteiger partial charge in [0.25, 0.3) is 5.56 Å². The van der Waals surface area contributed by atoms with E-state index in [1.54, 1.807) is 19.2 Å². The van der Waals surface area contributed by atoms with E-state index < -0.39 is 17.3 Å². The molecule has 0 aliphatic carbocycles. The smallest absolute Gasteiger partial charge is 0.295 e. The molecule has 0 spiro atoms. The van der Waals surface area contributed by atoms with Crippen molar-refractivity contribution in [1.82, 2.24) is 9.78 Å². The summed E-state index contributed by atoms with van der Waals surface area (Å²) < 4.78 is 40.0. The molecule has 1 aliphatic rings. The van der Waals surface area contributed by atoms with Gasteiger partial charge in [-0.25, -0.2) is 4.68 Å². The monoisotopic (exact) mass is 369 g/mol. The SMILES string of the molecule is Cc1[nH]n(-c2cccc(C(F)(F)F)c2)c(=O)c1C=C1C=Nc2ccccc21. The predicted octanol–water partition coefficient (Wildman–Crippen LogP) is 4.75. The van der Waals surface area contributed by atoms with Crippen molar-refractivity contribution in [2.45, 2.75) is 13.1 Å². The van der Waals surface area contributed by atoms with E-state index >= 15 is 0 Å². The van der Waals surface area contributed by atoms with Crippen LogP contribution in [0.2, 0.25) is 0 Å². The van der Waals surface area contributed by atoms with E-state index in [2.05, 4.69) is 10.1 Å². The van der Waals surface area contributed by atoms with Crippen molar-refractivity contribution in [2.75, 3.05) is 0 Å². The van der Waals surface area contributed by atoms with Crippen LogP contribution in [-0.4, -0.2) is 16.0 Å². The highest BCUT2D eigenvalue weighted by Crippen LogP contribution is 2.32. The van der Waals surface area contributed by atoms with Crippen LogP contribution < -0.4 is 5.56 Å². The third-order valence-electron chi connectivity index (χ3n) is 4.41. The lowest BCUT2D eigenvalue weighted by atomic mass is 10.0. The Morgan fingerprint density at radius 1 is 1.11 bits per heavy atom. The van der Waals surface area contributed by atoms with Crippen molar-refractivity contribution in [3.8, 4) is 5.69 Å². The number of nitrogens with zero attached hydrogens (tertiary/aromatic N) is 2. The summed E-state index contributed by atoms with van der Waals surface area (Å²) in [6.07, 6.45) is -1.10. The van der Waals surface area contributed by atoms with Gasteiger partial charge in [-0.3, -0.25) is 14.9 Å². The molecule has 136 valence electrons. The van der Waals surface area contributed by atoms with Gasteiger partial charge < -0.3 is 0 Å². The zero-order valence-electron chi connectivity index (χ0n) is 14.2. The van der Waals surface area contributed by atoms with E-state index in [9.17, 15) is 18.0 Å². The highest BCUT2D eigenvalue weighted by Gasteiger charge is 2.30. The van der Waals surface area contributed by atoms with Crippen molar-refractivity contribution in [2.24, 2.45) is 4.99 Å². The van der Waals surface area contributed by atoms with Crippen LogP contribution in [-0.2, 0) is 6.18 Å². The summed E-state index contributed by atoms with van der Waals surface area (Å²) in [6.45, 7) is 1.70. The quantitative estimate of drug-likeness (QED) is 0.696. The minimum atomic E-state index is -4.48. The largest absolute Gasteiger partial charge is 0.416 e. The van der Waals surface area contributed by atoms with E-state index in [-0.39, 0.29) is 5.69 Å². The summed E-state index contributed by atoms with van der Waals surface area (Å²) in [4.78, 5) is 17.1. The summed E-state index contributed by atoms with van der Waals surface area (Å²) in [5, 5.41) is 2.85. The van der Waals surface area contributed by atoms with Gasteiger partial charge in [0.1, 0.15) is 0 Å². The van der Waals surface area contributed by atoms with E-state index in [1.807, 2.05) is 24.3 Å². The lowest BCUT2D eigenvalue weighted by Crippen LogP contribution is -2.17. The minimum absolute atomic E-state index is 0.128. The number of allylic oxidation sites excluding steroid dienone is 1. The molecular weight excluding hydrogens is 355 g/mol. The Balaban J connectivity index is 1.80. The second-order valence-corrected chi connectivity index (χ2v) is 6.21. The molecule has 0 atom stereocenters. The molecular formula is C20H14F3N3O. The molecule has 1 N–H and O–H groups in total. The van der Waals surface area contributed by atoms with Crippen LogP contribution >= 0.6 is 0 Å². The van der Waals surface area contributed by atoms with Gasteiger partial charge in [-0.05, 0) is 37.3 Å². The van der Waals surface area contributed by atoms with Gasteiger partial charge in [0, 0.05) is 23.0 Å². The molecule has 1 aromatic heterocycles. The number of hydrogen-bond acceptors (Lipinski definition) is 2. The minimum Gasteiger partial charge on any atom is -0.295 e. The van der Waals surface area contributed by atoms with Crippen LogP contribution in [0.5, 0.6) is 0 Å². The molecule has 3 aromatic rings. The van der Waals surface area contributed by atoms with Crippen LogP contribution in [0.1, 0.15) is 22.4 Å². The van der Waals surface area contributed by atoms with E-state index in [0.717, 1.165) is 33.6 Å². The number of aromatic nitrogens is 2. The molecule has 2 aromatic carbocycles. The number of halogens is 3. The fourth-order valence-electron chi connectivity index (χ4n) is 3.04. The first kappa shape index (κ1) is 17.1. The third kappa shape index (κ3) is 3.01. The second kappa shape index (κ2) is 6.12. The number of nitrogens with one attached hydrogen (secondary N) is 1. The zero-order valence-corrected chi connectivity index (χ0v) is 14.2. The topological polar surface area (TPSA) is 50.1 Å². The Kier molecular flexibility index (Phi) is 3.87. The van der Waals surface area contributed by atoms with Gasteiger partial charge in [-0.15, -0.1) is 0 Å².